The van der Waals surface area contributed by atoms with Crippen LogP contribution >= 0.6 is 0 Å². The molecule has 8 heteroatoms. The van der Waals surface area contributed by atoms with E-state index in [1.807, 2.05) is 36.4 Å². The van der Waals surface area contributed by atoms with E-state index in [1.165, 1.54) is 12.1 Å². The summed E-state index contributed by atoms with van der Waals surface area (Å²) in [5.41, 5.74) is 2.86. The van der Waals surface area contributed by atoms with Crippen LogP contribution in [-0.2, 0) is 38.2 Å². The second-order valence-corrected chi connectivity index (χ2v) is 13.1. The van der Waals surface area contributed by atoms with E-state index in [4.69, 9.17) is 0 Å². The molecule has 0 aliphatic rings. The topological polar surface area (TPSA) is 0 Å². The van der Waals surface area contributed by atoms with Gasteiger partial charge in [0, 0.05) is 35.4 Å². The van der Waals surface area contributed by atoms with E-state index in [2.05, 4.69) is 52.9 Å². The van der Waals surface area contributed by atoms with Crippen LogP contribution in [0.3, 0.4) is 0 Å². The molecule has 0 fully saturated rings. The van der Waals surface area contributed by atoms with Crippen molar-refractivity contribution >= 4 is 31.1 Å². The Balaban J connectivity index is 0.000000236. The zero-order chi connectivity index (χ0) is 34.5. The third kappa shape index (κ3) is 9.06. The standard InChI is InChI=1S/2C19H16F3.C2H6Si.Hf/c2*1-12(2)14-10-13-6-5-8-15(17(13)11-14)16-7-3-4-9-18(16)19(20,21)22;1-3-2;/h2*3-12H,1-2H3;1-2H3;/q2*-1;;. The minimum absolute atomic E-state index is 0. The fourth-order valence-electron chi connectivity index (χ4n) is 5.58. The molecule has 0 atom stereocenters. The third-order valence-electron chi connectivity index (χ3n) is 7.92. The van der Waals surface area contributed by atoms with E-state index in [9.17, 15) is 26.3 Å². The number of fused-ring (bicyclic) bond motifs is 2. The molecule has 0 aliphatic heterocycles. The number of hydrogen-bond donors (Lipinski definition) is 0. The molecule has 6 aromatic rings. The van der Waals surface area contributed by atoms with Crippen molar-refractivity contribution in [1.82, 2.24) is 0 Å². The molecule has 48 heavy (non-hydrogen) atoms. The molecule has 6 rings (SSSR count). The van der Waals surface area contributed by atoms with Crippen LogP contribution in [-0.4, -0.2) is 9.52 Å². The Morgan fingerprint density at radius 3 is 1.12 bits per heavy atom. The second kappa shape index (κ2) is 16.4. The molecule has 0 amide bonds. The molecule has 0 N–H and O–H groups in total. The molecule has 0 bridgehead atoms. The monoisotopic (exact) mass is 840 g/mol. The van der Waals surface area contributed by atoms with Crippen molar-refractivity contribution in [3.8, 4) is 22.3 Å². The molecule has 0 nitrogen and oxygen atoms in total. The molecule has 0 aliphatic carbocycles. The van der Waals surface area contributed by atoms with Crippen molar-refractivity contribution in [1.29, 1.82) is 0 Å². The van der Waals surface area contributed by atoms with Crippen molar-refractivity contribution in [3.05, 3.63) is 131 Å². The van der Waals surface area contributed by atoms with E-state index in [0.717, 1.165) is 54.3 Å². The van der Waals surface area contributed by atoms with E-state index >= 15 is 0 Å². The molecule has 0 saturated carbocycles. The molecule has 0 heterocycles. The van der Waals surface area contributed by atoms with Gasteiger partial charge in [0.25, 0.3) is 0 Å². The number of benzene rings is 4. The molecule has 0 spiro atoms. The summed E-state index contributed by atoms with van der Waals surface area (Å²) in [5.74, 6) is 0.691. The molecule has 6 aromatic carbocycles. The number of alkyl halides is 6. The molecule has 0 saturated heterocycles. The van der Waals surface area contributed by atoms with Gasteiger partial charge in [-0.3, -0.25) is 0 Å². The van der Waals surface area contributed by atoms with Crippen LogP contribution in [0.1, 0.15) is 61.8 Å². The zero-order valence-corrected chi connectivity index (χ0v) is 32.4. The first-order valence-electron chi connectivity index (χ1n) is 15.5. The quantitative estimate of drug-likeness (QED) is 0.0943. The Morgan fingerprint density at radius 2 is 0.812 bits per heavy atom. The number of halogens is 6. The Labute approximate surface area is 300 Å². The summed E-state index contributed by atoms with van der Waals surface area (Å²) in [6.07, 6.45) is -8.71. The van der Waals surface area contributed by atoms with Gasteiger partial charge in [0.05, 0.1) is 11.1 Å². The maximum Gasteiger partial charge on any atom is 0.416 e. The van der Waals surface area contributed by atoms with Crippen molar-refractivity contribution < 1.29 is 52.2 Å². The second-order valence-electron chi connectivity index (χ2n) is 12.1. The van der Waals surface area contributed by atoms with Gasteiger partial charge in [-0.15, -0.1) is 69.1 Å². The van der Waals surface area contributed by atoms with Gasteiger partial charge in [0.2, 0.25) is 0 Å². The first-order chi connectivity index (χ1) is 22.2. The molecule has 250 valence electrons. The van der Waals surface area contributed by atoms with Crippen LogP contribution in [0.5, 0.6) is 0 Å². The average molecular weight is 839 g/mol. The maximum atomic E-state index is 13.3. The Bertz CT molecular complexity index is 1780. The normalized spacial score (nSPS) is 11.6. The number of hydrogen-bond acceptors (Lipinski definition) is 0. The molecule has 2 radical (unpaired) electrons. The van der Waals surface area contributed by atoms with Crippen molar-refractivity contribution in [2.24, 2.45) is 0 Å². The van der Waals surface area contributed by atoms with Crippen LogP contribution in [0, 0.1) is 0 Å². The van der Waals surface area contributed by atoms with Crippen molar-refractivity contribution in [3.63, 3.8) is 0 Å². The van der Waals surface area contributed by atoms with Crippen LogP contribution in [0.4, 0.5) is 26.3 Å². The first-order valence-corrected chi connectivity index (χ1v) is 17.5. The summed E-state index contributed by atoms with van der Waals surface area (Å²) in [5, 5.41) is 3.72. The zero-order valence-electron chi connectivity index (χ0n) is 27.8. The summed E-state index contributed by atoms with van der Waals surface area (Å²) in [6.45, 7) is 12.6. The van der Waals surface area contributed by atoms with Crippen LogP contribution < -0.4 is 0 Å². The van der Waals surface area contributed by atoms with E-state index < -0.39 is 23.5 Å². The van der Waals surface area contributed by atoms with Crippen LogP contribution in [0.25, 0.3) is 43.8 Å². The minimum atomic E-state index is -4.35. The summed E-state index contributed by atoms with van der Waals surface area (Å²) < 4.78 is 79.6. The van der Waals surface area contributed by atoms with Crippen molar-refractivity contribution in [2.75, 3.05) is 0 Å². The predicted octanol–water partition coefficient (Wildman–Crippen LogP) is 13.5. The summed E-state index contributed by atoms with van der Waals surface area (Å²) >= 11 is 0. The van der Waals surface area contributed by atoms with Crippen molar-refractivity contribution in [2.45, 2.75) is 65.0 Å². The van der Waals surface area contributed by atoms with Crippen LogP contribution in [0.2, 0.25) is 13.1 Å². The van der Waals surface area contributed by atoms with Gasteiger partial charge in [-0.1, -0.05) is 100 Å². The van der Waals surface area contributed by atoms with Crippen LogP contribution in [0.15, 0.2) is 109 Å². The number of rotatable bonds is 4. The average Bonchev–Trinajstić information content (AvgIpc) is 3.66. The van der Waals surface area contributed by atoms with Gasteiger partial charge in [0.15, 0.2) is 0 Å². The largest absolute Gasteiger partial charge is 0.416 e. The molecule has 0 unspecified atom stereocenters. The Hall–Kier alpha value is -3.23. The maximum absolute atomic E-state index is 13.3. The Morgan fingerprint density at radius 1 is 0.500 bits per heavy atom. The first kappa shape index (κ1) is 39.2. The van der Waals surface area contributed by atoms with Gasteiger partial charge in [0.1, 0.15) is 0 Å². The molecule has 0 aromatic heterocycles. The van der Waals surface area contributed by atoms with Gasteiger partial charge in [-0.2, -0.15) is 38.5 Å². The Kier molecular flexibility index (Phi) is 13.4. The van der Waals surface area contributed by atoms with E-state index in [-0.39, 0.29) is 37.0 Å². The molecular formula is C40H38F6HfSi-2. The van der Waals surface area contributed by atoms with Gasteiger partial charge in [-0.25, -0.2) is 0 Å². The van der Waals surface area contributed by atoms with E-state index in [0.29, 0.717) is 23.0 Å². The summed E-state index contributed by atoms with van der Waals surface area (Å²) in [4.78, 5) is 0. The fraction of sp³-hybridized carbons (Fsp3) is 0.250. The predicted molar refractivity (Wildman–Crippen MR) is 186 cm³/mol. The molecular weight excluding hydrogens is 801 g/mol. The minimum Gasteiger partial charge on any atom is -0.166 e. The van der Waals surface area contributed by atoms with Gasteiger partial charge >= 0.3 is 12.4 Å². The smallest absolute Gasteiger partial charge is 0.166 e. The summed E-state index contributed by atoms with van der Waals surface area (Å²) in [6, 6.07) is 30.7. The van der Waals surface area contributed by atoms with Gasteiger partial charge in [-0.05, 0) is 35.1 Å². The van der Waals surface area contributed by atoms with E-state index in [1.54, 1.807) is 36.4 Å². The summed E-state index contributed by atoms with van der Waals surface area (Å²) in [7, 11) is 1.08. The third-order valence-corrected chi connectivity index (χ3v) is 7.92. The SMILES string of the molecule is CC(C)c1cc2c(-c3ccccc3C(F)(F)F)cccc2[cH-]1.CC(C)c1cc2c(-c3ccccc3C(F)(F)F)cccc2[cH-]1.C[Si]C.[Hf]. The fourth-order valence-corrected chi connectivity index (χ4v) is 5.58. The van der Waals surface area contributed by atoms with Gasteiger partial charge < -0.3 is 0 Å².